The highest BCUT2D eigenvalue weighted by Crippen LogP contribution is 2.10. The fourth-order valence-corrected chi connectivity index (χ4v) is 1.87. The summed E-state index contributed by atoms with van der Waals surface area (Å²) in [6.45, 7) is 8.56. The van der Waals surface area contributed by atoms with Gasteiger partial charge in [-0.25, -0.2) is 4.98 Å². The summed E-state index contributed by atoms with van der Waals surface area (Å²) in [4.78, 5) is 18.6. The van der Waals surface area contributed by atoms with Crippen LogP contribution in [0.25, 0.3) is 0 Å². The molecule has 1 heterocycles. The first-order valence-corrected chi connectivity index (χ1v) is 7.27. The second-order valence-electron chi connectivity index (χ2n) is 4.92. The molecule has 5 nitrogen and oxygen atoms in total. The van der Waals surface area contributed by atoms with Crippen LogP contribution in [0.1, 0.15) is 37.6 Å². The molecule has 0 bridgehead atoms. The van der Waals surface area contributed by atoms with Crippen molar-refractivity contribution < 1.29 is 4.79 Å². The van der Waals surface area contributed by atoms with E-state index in [1.165, 1.54) is 0 Å². The van der Waals surface area contributed by atoms with E-state index >= 15 is 0 Å². The Kier molecular flexibility index (Phi) is 7.01. The lowest BCUT2D eigenvalue weighted by Gasteiger charge is -2.23. The van der Waals surface area contributed by atoms with Gasteiger partial charge in [-0.3, -0.25) is 4.79 Å². The number of nitrogens with one attached hydrogen (secondary N) is 2. The Balaban J connectivity index is 2.51. The van der Waals surface area contributed by atoms with Crippen molar-refractivity contribution in [2.24, 2.45) is 0 Å². The monoisotopic (exact) mass is 278 g/mol. The highest BCUT2D eigenvalue weighted by atomic mass is 16.1. The lowest BCUT2D eigenvalue weighted by atomic mass is 10.2. The fourth-order valence-electron chi connectivity index (χ4n) is 1.87. The smallest absolute Gasteiger partial charge is 0.255 e. The van der Waals surface area contributed by atoms with E-state index < -0.39 is 0 Å². The molecule has 0 saturated carbocycles. The summed E-state index contributed by atoms with van der Waals surface area (Å²) in [5.74, 6) is 0.564. The Morgan fingerprint density at radius 3 is 2.85 bits per heavy atom. The molecule has 1 amide bonds. The van der Waals surface area contributed by atoms with E-state index in [2.05, 4.69) is 41.4 Å². The van der Waals surface area contributed by atoms with Crippen molar-refractivity contribution in [3.8, 4) is 0 Å². The number of amides is 1. The van der Waals surface area contributed by atoms with Gasteiger partial charge in [0.1, 0.15) is 5.82 Å². The van der Waals surface area contributed by atoms with Gasteiger partial charge in [-0.15, -0.1) is 0 Å². The van der Waals surface area contributed by atoms with Crippen molar-refractivity contribution in [1.29, 1.82) is 0 Å². The van der Waals surface area contributed by atoms with Crippen LogP contribution in [0.2, 0.25) is 0 Å². The molecule has 2 N–H and O–H groups in total. The Hall–Kier alpha value is -1.62. The van der Waals surface area contributed by atoms with Gasteiger partial charge in [0.05, 0.1) is 5.56 Å². The molecule has 0 aromatic carbocycles. The molecule has 1 aromatic rings. The van der Waals surface area contributed by atoms with E-state index in [-0.39, 0.29) is 5.91 Å². The van der Waals surface area contributed by atoms with Gasteiger partial charge in [0, 0.05) is 31.9 Å². The predicted octanol–water partition coefficient (Wildman–Crippen LogP) is 1.97. The molecule has 0 radical (unpaired) electrons. The van der Waals surface area contributed by atoms with Gasteiger partial charge >= 0.3 is 0 Å². The third kappa shape index (κ3) is 4.81. The third-order valence-electron chi connectivity index (χ3n) is 3.49. The molecule has 1 unspecified atom stereocenters. The van der Waals surface area contributed by atoms with Crippen LogP contribution in [0.5, 0.6) is 0 Å². The second kappa shape index (κ2) is 8.53. The quantitative estimate of drug-likeness (QED) is 0.763. The van der Waals surface area contributed by atoms with E-state index in [1.54, 1.807) is 18.3 Å². The van der Waals surface area contributed by atoms with Gasteiger partial charge in [0.15, 0.2) is 0 Å². The summed E-state index contributed by atoms with van der Waals surface area (Å²) in [5, 5.41) is 6.05. The molecule has 1 aromatic heterocycles. The number of carbonyl (C=O) groups is 1. The van der Waals surface area contributed by atoms with E-state index in [1.807, 2.05) is 6.92 Å². The maximum Gasteiger partial charge on any atom is 0.255 e. The number of nitrogens with zero attached hydrogens (tertiary/aromatic N) is 2. The van der Waals surface area contributed by atoms with Crippen LogP contribution < -0.4 is 10.6 Å². The molecule has 20 heavy (non-hydrogen) atoms. The van der Waals surface area contributed by atoms with Crippen LogP contribution in [-0.4, -0.2) is 48.5 Å². The molecule has 0 aliphatic heterocycles. The number of hydrogen-bond acceptors (Lipinski definition) is 4. The van der Waals surface area contributed by atoms with Gasteiger partial charge in [-0.05, 0) is 39.4 Å². The average molecular weight is 278 g/mol. The normalized spacial score (nSPS) is 12.2. The highest BCUT2D eigenvalue weighted by molar-refractivity contribution is 5.98. The number of likely N-dealkylation sites (N-methyl/N-ethyl adjacent to an activating group) is 1. The number of aromatic nitrogens is 1. The minimum absolute atomic E-state index is 0.0772. The van der Waals surface area contributed by atoms with Crippen molar-refractivity contribution in [2.75, 3.05) is 32.0 Å². The fraction of sp³-hybridized carbons (Fsp3) is 0.600. The van der Waals surface area contributed by atoms with E-state index in [0.717, 1.165) is 19.5 Å². The molecule has 5 heteroatoms. The zero-order valence-corrected chi connectivity index (χ0v) is 12.9. The molecule has 112 valence electrons. The van der Waals surface area contributed by atoms with Crippen molar-refractivity contribution in [3.05, 3.63) is 23.9 Å². The van der Waals surface area contributed by atoms with Crippen LogP contribution >= 0.6 is 0 Å². The summed E-state index contributed by atoms with van der Waals surface area (Å²) in [7, 11) is 2.08. The molecule has 0 aliphatic carbocycles. The Morgan fingerprint density at radius 2 is 2.20 bits per heavy atom. The number of hydrogen-bond donors (Lipinski definition) is 2. The molecular formula is C15H26N4O. The zero-order chi connectivity index (χ0) is 15.0. The largest absolute Gasteiger partial charge is 0.370 e. The first kappa shape index (κ1) is 16.4. The van der Waals surface area contributed by atoms with Gasteiger partial charge in [0.25, 0.3) is 5.91 Å². The summed E-state index contributed by atoms with van der Waals surface area (Å²) in [5.41, 5.74) is 0.598. The highest BCUT2D eigenvalue weighted by Gasteiger charge is 2.12. The van der Waals surface area contributed by atoms with E-state index in [9.17, 15) is 4.79 Å². The molecule has 1 atom stereocenters. The first-order valence-electron chi connectivity index (χ1n) is 7.27. The van der Waals surface area contributed by atoms with Crippen molar-refractivity contribution in [1.82, 2.24) is 15.2 Å². The minimum atomic E-state index is -0.0772. The summed E-state index contributed by atoms with van der Waals surface area (Å²) in [6.07, 6.45) is 2.79. The Labute approximate surface area is 121 Å². The van der Waals surface area contributed by atoms with Crippen LogP contribution in [0.15, 0.2) is 18.3 Å². The van der Waals surface area contributed by atoms with Crippen molar-refractivity contribution >= 4 is 11.7 Å². The maximum absolute atomic E-state index is 12.2. The number of rotatable bonds is 8. The predicted molar refractivity (Wildman–Crippen MR) is 83.1 cm³/mol. The second-order valence-corrected chi connectivity index (χ2v) is 4.92. The van der Waals surface area contributed by atoms with Crippen LogP contribution in [-0.2, 0) is 0 Å². The Bertz CT molecular complexity index is 422. The average Bonchev–Trinajstić information content (AvgIpc) is 2.47. The van der Waals surface area contributed by atoms with Gasteiger partial charge in [-0.1, -0.05) is 6.92 Å². The van der Waals surface area contributed by atoms with E-state index in [4.69, 9.17) is 0 Å². The molecule has 0 saturated heterocycles. The summed E-state index contributed by atoms with van der Waals surface area (Å²) >= 11 is 0. The molecule has 0 fully saturated rings. The molecule has 1 rings (SSSR count). The molecular weight excluding hydrogens is 252 g/mol. The van der Waals surface area contributed by atoms with Crippen molar-refractivity contribution in [3.63, 3.8) is 0 Å². The molecule has 0 spiro atoms. The maximum atomic E-state index is 12.2. The van der Waals surface area contributed by atoms with Crippen LogP contribution in [0.4, 0.5) is 5.82 Å². The minimum Gasteiger partial charge on any atom is -0.370 e. The lowest BCUT2D eigenvalue weighted by Crippen LogP contribution is -2.37. The van der Waals surface area contributed by atoms with Gasteiger partial charge in [-0.2, -0.15) is 0 Å². The van der Waals surface area contributed by atoms with Gasteiger partial charge < -0.3 is 15.5 Å². The summed E-state index contributed by atoms with van der Waals surface area (Å²) in [6, 6.07) is 4.10. The van der Waals surface area contributed by atoms with Crippen LogP contribution in [0.3, 0.4) is 0 Å². The topological polar surface area (TPSA) is 57.3 Å². The van der Waals surface area contributed by atoms with Crippen LogP contribution in [0, 0.1) is 0 Å². The Morgan fingerprint density at radius 1 is 1.45 bits per heavy atom. The van der Waals surface area contributed by atoms with Gasteiger partial charge in [0.2, 0.25) is 0 Å². The lowest BCUT2D eigenvalue weighted by molar-refractivity contribution is 0.0948. The number of pyridine rings is 1. The molecule has 0 aliphatic rings. The number of anilines is 1. The SMILES string of the molecule is CCNc1ncccc1C(=O)NCCN(C)C(C)CC. The van der Waals surface area contributed by atoms with Crippen molar-refractivity contribution in [2.45, 2.75) is 33.2 Å². The van der Waals surface area contributed by atoms with E-state index in [0.29, 0.717) is 24.0 Å². The first-order chi connectivity index (χ1) is 9.60. The standard InChI is InChI=1S/C15H26N4O/c1-5-12(3)19(4)11-10-18-15(20)13-8-7-9-17-14(13)16-6-2/h7-9,12H,5-6,10-11H2,1-4H3,(H,16,17)(H,18,20). The zero-order valence-electron chi connectivity index (χ0n) is 12.9. The summed E-state index contributed by atoms with van der Waals surface area (Å²) < 4.78 is 0. The number of carbonyl (C=O) groups excluding carboxylic acids is 1. The third-order valence-corrected chi connectivity index (χ3v) is 3.49.